The molecule has 0 radical (unpaired) electrons. The summed E-state index contributed by atoms with van der Waals surface area (Å²) in [5.74, 6) is 2.07. The van der Waals surface area contributed by atoms with Gasteiger partial charge in [0, 0.05) is 25.4 Å². The van der Waals surface area contributed by atoms with E-state index in [-0.39, 0.29) is 7.43 Å². The lowest BCUT2D eigenvalue weighted by molar-refractivity contribution is 0.465. The van der Waals surface area contributed by atoms with Crippen molar-refractivity contribution in [3.8, 4) is 11.6 Å². The van der Waals surface area contributed by atoms with E-state index in [4.69, 9.17) is 4.74 Å². The number of fused-ring (bicyclic) bond motifs is 1. The second-order valence-electron chi connectivity index (χ2n) is 4.91. The van der Waals surface area contributed by atoms with Gasteiger partial charge in [-0.3, -0.25) is 4.68 Å². The van der Waals surface area contributed by atoms with Gasteiger partial charge in [-0.05, 0) is 18.2 Å². The molecule has 0 aliphatic heterocycles. The fourth-order valence-corrected chi connectivity index (χ4v) is 2.95. The fourth-order valence-electron chi connectivity index (χ4n) is 2.11. The van der Waals surface area contributed by atoms with Crippen LogP contribution in [0.1, 0.15) is 49.0 Å². The zero-order chi connectivity index (χ0) is 21.6. The van der Waals surface area contributed by atoms with Crippen molar-refractivity contribution in [2.24, 2.45) is 7.05 Å². The largest absolute Gasteiger partial charge is 0.439 e. The number of para-hydroxylation sites is 1. The van der Waals surface area contributed by atoms with Gasteiger partial charge in [-0.1, -0.05) is 78.5 Å². The molecule has 0 aliphatic carbocycles. The van der Waals surface area contributed by atoms with Crippen molar-refractivity contribution in [1.29, 1.82) is 0 Å². The summed E-state index contributed by atoms with van der Waals surface area (Å²) in [6.07, 6.45) is 1.87. The van der Waals surface area contributed by atoms with E-state index in [1.54, 1.807) is 4.68 Å². The maximum Gasteiger partial charge on any atom is 0.220 e. The van der Waals surface area contributed by atoms with Gasteiger partial charge in [0.15, 0.2) is 10.9 Å². The van der Waals surface area contributed by atoms with Crippen molar-refractivity contribution in [2.75, 3.05) is 5.32 Å². The van der Waals surface area contributed by atoms with Crippen molar-refractivity contribution in [2.45, 2.75) is 49.0 Å². The Morgan fingerprint density at radius 2 is 1.53 bits per heavy atom. The molecular formula is C23H35N5OS. The predicted molar refractivity (Wildman–Crippen MR) is 131 cm³/mol. The summed E-state index contributed by atoms with van der Waals surface area (Å²) in [5.41, 5.74) is 0.828. The quantitative estimate of drug-likeness (QED) is 0.360. The van der Waals surface area contributed by atoms with Crippen LogP contribution in [0.4, 0.5) is 10.9 Å². The minimum Gasteiger partial charge on any atom is -0.439 e. The average molecular weight is 430 g/mol. The van der Waals surface area contributed by atoms with Gasteiger partial charge >= 0.3 is 0 Å². The number of hydrogen-bond donors (Lipinski definition) is 1. The van der Waals surface area contributed by atoms with Crippen molar-refractivity contribution < 1.29 is 4.74 Å². The SMILES string of the molecule is C.CC.CC.CC.Cn1ccc(Nc2nc3ccc(Oc4ccccc4)nc3s2)n1. The van der Waals surface area contributed by atoms with Crippen molar-refractivity contribution in [3.05, 3.63) is 54.7 Å². The Morgan fingerprint density at radius 1 is 0.867 bits per heavy atom. The minimum atomic E-state index is 0. The van der Waals surface area contributed by atoms with Gasteiger partial charge in [0.05, 0.1) is 0 Å². The van der Waals surface area contributed by atoms with E-state index in [2.05, 4.69) is 20.4 Å². The van der Waals surface area contributed by atoms with Gasteiger partial charge in [0.1, 0.15) is 16.1 Å². The minimum absolute atomic E-state index is 0. The van der Waals surface area contributed by atoms with Crippen LogP contribution in [0, 0.1) is 0 Å². The van der Waals surface area contributed by atoms with Crippen molar-refractivity contribution in [3.63, 3.8) is 0 Å². The maximum atomic E-state index is 5.75. The summed E-state index contributed by atoms with van der Waals surface area (Å²) in [6.45, 7) is 12.0. The molecule has 0 spiro atoms. The van der Waals surface area contributed by atoms with Crippen LogP contribution in [-0.2, 0) is 7.05 Å². The number of benzene rings is 1. The standard InChI is InChI=1S/C16H13N5OS.3C2H6.CH4/c1-21-10-9-13(20-21)18-16-17-12-7-8-14(19-15(12)23-16)22-11-5-3-2-4-6-11;3*1-2;/h2-10H,1H3,(H,17,18,20);3*1-2H3;1H4. The summed E-state index contributed by atoms with van der Waals surface area (Å²) in [6, 6.07) is 15.2. The molecule has 0 saturated heterocycles. The van der Waals surface area contributed by atoms with Crippen LogP contribution in [0.3, 0.4) is 0 Å². The van der Waals surface area contributed by atoms with Crippen LogP contribution in [-0.4, -0.2) is 19.7 Å². The zero-order valence-electron chi connectivity index (χ0n) is 18.3. The number of nitrogens with one attached hydrogen (secondary N) is 1. The fraction of sp³-hybridized carbons (Fsp3) is 0.348. The summed E-state index contributed by atoms with van der Waals surface area (Å²) in [7, 11) is 1.87. The number of aromatic nitrogens is 4. The van der Waals surface area contributed by atoms with E-state index < -0.39 is 0 Å². The molecule has 0 amide bonds. The van der Waals surface area contributed by atoms with E-state index in [0.717, 1.165) is 27.0 Å². The maximum absolute atomic E-state index is 5.75. The first-order valence-electron chi connectivity index (χ1n) is 10.0. The van der Waals surface area contributed by atoms with E-state index in [1.807, 2.05) is 103 Å². The van der Waals surface area contributed by atoms with Gasteiger partial charge in [-0.15, -0.1) is 0 Å². The third kappa shape index (κ3) is 7.83. The second kappa shape index (κ2) is 15.0. The summed E-state index contributed by atoms with van der Waals surface area (Å²) in [5, 5.41) is 8.21. The highest BCUT2D eigenvalue weighted by molar-refractivity contribution is 7.21. The summed E-state index contributed by atoms with van der Waals surface area (Å²) >= 11 is 1.46. The van der Waals surface area contributed by atoms with Crippen LogP contribution >= 0.6 is 11.3 Å². The molecule has 6 nitrogen and oxygen atoms in total. The third-order valence-electron chi connectivity index (χ3n) is 3.14. The first-order valence-corrected chi connectivity index (χ1v) is 10.8. The number of ether oxygens (including phenoxy) is 1. The van der Waals surface area contributed by atoms with Crippen LogP contribution in [0.25, 0.3) is 10.3 Å². The average Bonchev–Trinajstić information content (AvgIpc) is 3.38. The molecule has 164 valence electrons. The Balaban J connectivity index is 0.00000111. The first kappa shape index (κ1) is 27.1. The third-order valence-corrected chi connectivity index (χ3v) is 4.02. The molecule has 0 saturated carbocycles. The van der Waals surface area contributed by atoms with Gasteiger partial charge in [0.25, 0.3) is 0 Å². The monoisotopic (exact) mass is 429 g/mol. The summed E-state index contributed by atoms with van der Waals surface area (Å²) < 4.78 is 7.48. The number of pyridine rings is 1. The number of nitrogens with zero attached hydrogens (tertiary/aromatic N) is 4. The Labute approximate surface area is 185 Å². The molecule has 7 heteroatoms. The molecule has 0 fully saturated rings. The molecule has 3 heterocycles. The highest BCUT2D eigenvalue weighted by Gasteiger charge is 2.08. The molecule has 0 bridgehead atoms. The Hall–Kier alpha value is -2.93. The van der Waals surface area contributed by atoms with Crippen LogP contribution in [0.5, 0.6) is 11.6 Å². The van der Waals surface area contributed by atoms with Crippen LogP contribution in [0.2, 0.25) is 0 Å². The number of hydrogen-bond acceptors (Lipinski definition) is 6. The Bertz CT molecular complexity index is 951. The van der Waals surface area contributed by atoms with Gasteiger partial charge < -0.3 is 10.1 Å². The van der Waals surface area contributed by atoms with E-state index >= 15 is 0 Å². The normalized spacial score (nSPS) is 8.90. The smallest absolute Gasteiger partial charge is 0.220 e. The molecule has 0 unspecified atom stereocenters. The highest BCUT2D eigenvalue weighted by atomic mass is 32.1. The lowest BCUT2D eigenvalue weighted by atomic mass is 10.3. The topological polar surface area (TPSA) is 64.9 Å². The van der Waals surface area contributed by atoms with E-state index in [1.165, 1.54) is 11.3 Å². The predicted octanol–water partition coefficient (Wildman–Crippen LogP) is 7.68. The van der Waals surface area contributed by atoms with E-state index in [9.17, 15) is 0 Å². The number of aryl methyl sites for hydroxylation is 1. The molecule has 3 aromatic heterocycles. The summed E-state index contributed by atoms with van der Waals surface area (Å²) in [4.78, 5) is 9.83. The second-order valence-corrected chi connectivity index (χ2v) is 5.89. The molecule has 0 aliphatic rings. The molecule has 30 heavy (non-hydrogen) atoms. The number of rotatable bonds is 4. The van der Waals surface area contributed by atoms with Gasteiger partial charge in [0.2, 0.25) is 5.88 Å². The van der Waals surface area contributed by atoms with Crippen LogP contribution < -0.4 is 10.1 Å². The Kier molecular flexibility index (Phi) is 13.5. The molecule has 1 aromatic carbocycles. The zero-order valence-corrected chi connectivity index (χ0v) is 19.1. The number of thiazole rings is 1. The molecule has 0 atom stereocenters. The lowest BCUT2D eigenvalue weighted by Gasteiger charge is -2.03. The van der Waals surface area contributed by atoms with Crippen LogP contribution in [0.15, 0.2) is 54.7 Å². The lowest BCUT2D eigenvalue weighted by Crippen LogP contribution is -1.92. The molecule has 4 rings (SSSR count). The molecular weight excluding hydrogens is 394 g/mol. The molecule has 1 N–H and O–H groups in total. The van der Waals surface area contributed by atoms with Crippen molar-refractivity contribution >= 4 is 32.6 Å². The van der Waals surface area contributed by atoms with Crippen molar-refractivity contribution in [1.82, 2.24) is 19.7 Å². The van der Waals surface area contributed by atoms with Gasteiger partial charge in [-0.2, -0.15) is 5.10 Å². The number of anilines is 2. The van der Waals surface area contributed by atoms with Gasteiger partial charge in [-0.25, -0.2) is 9.97 Å². The highest BCUT2D eigenvalue weighted by Crippen LogP contribution is 2.29. The van der Waals surface area contributed by atoms with E-state index in [0.29, 0.717) is 5.88 Å². The first-order chi connectivity index (χ1) is 14.3. The molecule has 4 aromatic rings. The Morgan fingerprint density at radius 3 is 2.13 bits per heavy atom.